The van der Waals surface area contributed by atoms with Crippen molar-refractivity contribution in [3.05, 3.63) is 41.0 Å². The third kappa shape index (κ3) is 6.67. The molecule has 11 nitrogen and oxygen atoms in total. The van der Waals surface area contributed by atoms with Crippen LogP contribution in [-0.2, 0) is 26.0 Å². The van der Waals surface area contributed by atoms with Gasteiger partial charge >= 0.3 is 12.3 Å². The first-order valence-electron chi connectivity index (χ1n) is 16.9. The van der Waals surface area contributed by atoms with E-state index in [1.807, 2.05) is 50.5 Å². The minimum atomic E-state index is -4.68. The molecule has 6 rings (SSSR count). The number of piperidine rings is 1. The summed E-state index contributed by atoms with van der Waals surface area (Å²) in [4.78, 5) is 33.3. The summed E-state index contributed by atoms with van der Waals surface area (Å²) in [5.41, 5.74) is 2.06. The number of ether oxygens (including phenoxy) is 3. The molecule has 4 fully saturated rings. The molecule has 0 unspecified atom stereocenters. The van der Waals surface area contributed by atoms with Crippen molar-refractivity contribution in [1.82, 2.24) is 24.8 Å². The van der Waals surface area contributed by atoms with Gasteiger partial charge < -0.3 is 28.9 Å². The van der Waals surface area contributed by atoms with Gasteiger partial charge in [-0.25, -0.2) is 14.8 Å². The lowest BCUT2D eigenvalue weighted by molar-refractivity contribution is -0.205. The Morgan fingerprint density at radius 1 is 1.02 bits per heavy atom. The largest absolute Gasteiger partial charge is 0.451 e. The zero-order chi connectivity index (χ0) is 34.6. The van der Waals surface area contributed by atoms with Crippen LogP contribution in [0.15, 0.2) is 18.3 Å². The van der Waals surface area contributed by atoms with Gasteiger partial charge in [0, 0.05) is 76.8 Å². The van der Waals surface area contributed by atoms with Crippen LogP contribution in [0.25, 0.3) is 0 Å². The van der Waals surface area contributed by atoms with Gasteiger partial charge in [0.2, 0.25) is 5.82 Å². The summed E-state index contributed by atoms with van der Waals surface area (Å²) in [5.74, 6) is -0.370. The fraction of sp³-hybridized carbons (Fsp3) is 0.706. The van der Waals surface area contributed by atoms with E-state index in [1.54, 1.807) is 24.3 Å². The minimum absolute atomic E-state index is 0.0550. The van der Waals surface area contributed by atoms with E-state index < -0.39 is 23.2 Å². The molecule has 4 aliphatic rings. The van der Waals surface area contributed by atoms with E-state index in [0.717, 1.165) is 29.7 Å². The van der Waals surface area contributed by atoms with Gasteiger partial charge in [-0.3, -0.25) is 9.88 Å². The van der Waals surface area contributed by atoms with Crippen molar-refractivity contribution < 1.29 is 32.2 Å². The second-order valence-corrected chi connectivity index (χ2v) is 14.7. The molecule has 4 atom stereocenters. The quantitative estimate of drug-likeness (QED) is 0.418. The Labute approximate surface area is 280 Å². The second kappa shape index (κ2) is 12.9. The fourth-order valence-corrected chi connectivity index (χ4v) is 7.58. The Bertz CT molecular complexity index is 1480. The van der Waals surface area contributed by atoms with E-state index in [-0.39, 0.29) is 36.0 Å². The minimum Gasteiger partial charge on any atom is -0.444 e. The number of piperazine rings is 1. The third-order valence-electron chi connectivity index (χ3n) is 10.4. The molecule has 1 amide bonds. The number of halogens is 3. The molecule has 0 saturated carbocycles. The van der Waals surface area contributed by atoms with E-state index >= 15 is 0 Å². The van der Waals surface area contributed by atoms with Crippen LogP contribution in [0.2, 0.25) is 0 Å². The Balaban J connectivity index is 1.16. The number of nitrogens with zero attached hydrogens (tertiary/aromatic N) is 7. The van der Waals surface area contributed by atoms with Crippen molar-refractivity contribution >= 4 is 17.7 Å². The summed E-state index contributed by atoms with van der Waals surface area (Å²) < 4.78 is 59.5. The summed E-state index contributed by atoms with van der Waals surface area (Å²) >= 11 is 0. The SMILES string of the molecule is COC1(c2nccc(C)c2[C@H]2CCN(c3cc(N4C[C@@H](N5CCN(C(=O)OC(C)(C)C)CC5)[C@H]4C)nc(C(F)(F)F)n3)[C@H](C)C2)COC1. The van der Waals surface area contributed by atoms with Crippen molar-refractivity contribution in [3.8, 4) is 0 Å². The van der Waals surface area contributed by atoms with Crippen LogP contribution in [-0.4, -0.2) is 114 Å². The number of aromatic nitrogens is 3. The first kappa shape index (κ1) is 34.6. The topological polar surface area (TPSA) is 96.4 Å². The van der Waals surface area contributed by atoms with Crippen molar-refractivity contribution in [1.29, 1.82) is 0 Å². The monoisotopic (exact) mass is 675 g/mol. The van der Waals surface area contributed by atoms with Crippen LogP contribution in [0, 0.1) is 6.92 Å². The van der Waals surface area contributed by atoms with Crippen LogP contribution < -0.4 is 9.80 Å². The number of rotatable bonds is 6. The first-order chi connectivity index (χ1) is 22.6. The van der Waals surface area contributed by atoms with Crippen molar-refractivity contribution in [2.75, 3.05) is 69.4 Å². The lowest BCUT2D eigenvalue weighted by Gasteiger charge is -2.53. The van der Waals surface area contributed by atoms with Gasteiger partial charge in [-0.05, 0) is 77.5 Å². The highest BCUT2D eigenvalue weighted by molar-refractivity contribution is 5.68. The standard InChI is InChI=1S/C34H48F3N7O4/c1-21-8-10-38-29(33(46-7)19-47-20-33)28(21)24-9-11-43(22(2)16-24)26-17-27(40-30(39-26)34(35,36)37)44-18-25(23(44)3)41-12-14-42(15-13-41)31(45)48-32(4,5)6/h8,10,17,22-25H,9,11-16,18-20H2,1-7H3/t22-,23-,24+,25-/m1/s1. The fourth-order valence-electron chi connectivity index (χ4n) is 7.58. The van der Waals surface area contributed by atoms with Gasteiger partial charge in [0.25, 0.3) is 0 Å². The van der Waals surface area contributed by atoms with E-state index in [2.05, 4.69) is 21.8 Å². The molecule has 2 aromatic rings. The molecule has 2 aromatic heterocycles. The predicted molar refractivity (Wildman–Crippen MR) is 174 cm³/mol. The number of anilines is 2. The van der Waals surface area contributed by atoms with Crippen LogP contribution in [0.5, 0.6) is 0 Å². The van der Waals surface area contributed by atoms with Gasteiger partial charge in [-0.15, -0.1) is 0 Å². The highest BCUT2D eigenvalue weighted by Crippen LogP contribution is 2.43. The number of aryl methyl sites for hydroxylation is 1. The van der Waals surface area contributed by atoms with Crippen LogP contribution in [0.1, 0.15) is 76.0 Å². The highest BCUT2D eigenvalue weighted by atomic mass is 19.4. The predicted octanol–water partition coefficient (Wildman–Crippen LogP) is 4.97. The summed E-state index contributed by atoms with van der Waals surface area (Å²) in [6.07, 6.45) is -1.72. The number of pyridine rings is 1. The zero-order valence-corrected chi connectivity index (χ0v) is 29.0. The molecule has 0 aliphatic carbocycles. The average Bonchev–Trinajstić information content (AvgIpc) is 2.99. The summed E-state index contributed by atoms with van der Waals surface area (Å²) in [7, 11) is 1.68. The molecule has 0 spiro atoms. The van der Waals surface area contributed by atoms with Crippen molar-refractivity contribution in [2.45, 2.75) is 95.8 Å². The number of carbonyl (C=O) groups excluding carboxylic acids is 1. The molecular weight excluding hydrogens is 627 g/mol. The third-order valence-corrected chi connectivity index (χ3v) is 10.4. The molecule has 0 radical (unpaired) electrons. The molecule has 0 bridgehead atoms. The summed E-state index contributed by atoms with van der Waals surface area (Å²) in [6, 6.07) is 3.74. The van der Waals surface area contributed by atoms with E-state index in [9.17, 15) is 18.0 Å². The maximum atomic E-state index is 14.2. The lowest BCUT2D eigenvalue weighted by atomic mass is 9.79. The number of amides is 1. The maximum Gasteiger partial charge on any atom is 0.451 e. The average molecular weight is 676 g/mol. The summed E-state index contributed by atoms with van der Waals surface area (Å²) in [5, 5.41) is 0. The smallest absolute Gasteiger partial charge is 0.444 e. The Morgan fingerprint density at radius 2 is 1.69 bits per heavy atom. The van der Waals surface area contributed by atoms with Crippen LogP contribution >= 0.6 is 0 Å². The molecule has 48 heavy (non-hydrogen) atoms. The Hall–Kier alpha value is -3.23. The number of hydrogen-bond donors (Lipinski definition) is 0. The highest BCUT2D eigenvalue weighted by Gasteiger charge is 2.47. The molecule has 6 heterocycles. The molecule has 4 saturated heterocycles. The number of carbonyl (C=O) groups is 1. The second-order valence-electron chi connectivity index (χ2n) is 14.7. The van der Waals surface area contributed by atoms with Crippen molar-refractivity contribution in [3.63, 3.8) is 0 Å². The summed E-state index contributed by atoms with van der Waals surface area (Å²) in [6.45, 7) is 16.1. The molecular formula is C34H48F3N7O4. The van der Waals surface area contributed by atoms with Gasteiger partial charge in [0.1, 0.15) is 17.2 Å². The van der Waals surface area contributed by atoms with Crippen LogP contribution in [0.3, 0.4) is 0 Å². The lowest BCUT2D eigenvalue weighted by Crippen LogP contribution is -2.68. The van der Waals surface area contributed by atoms with Gasteiger partial charge in [0.05, 0.1) is 18.9 Å². The van der Waals surface area contributed by atoms with E-state index in [4.69, 9.17) is 19.2 Å². The first-order valence-corrected chi connectivity index (χ1v) is 16.9. The molecule has 0 N–H and O–H groups in total. The number of hydrogen-bond acceptors (Lipinski definition) is 10. The van der Waals surface area contributed by atoms with Gasteiger partial charge in [-0.2, -0.15) is 13.2 Å². The van der Waals surface area contributed by atoms with Crippen molar-refractivity contribution in [2.24, 2.45) is 0 Å². The Morgan fingerprint density at radius 3 is 2.23 bits per heavy atom. The number of alkyl halides is 3. The molecule has 264 valence electrons. The van der Waals surface area contributed by atoms with Gasteiger partial charge in [0.15, 0.2) is 5.60 Å². The molecule has 4 aliphatic heterocycles. The van der Waals surface area contributed by atoms with Crippen LogP contribution in [0.4, 0.5) is 29.6 Å². The van der Waals surface area contributed by atoms with E-state index in [0.29, 0.717) is 58.3 Å². The Kier molecular flexibility index (Phi) is 9.31. The normalized spacial score (nSPS) is 26.6. The van der Waals surface area contributed by atoms with E-state index in [1.165, 1.54) is 0 Å². The molecule has 14 heteroatoms. The maximum absolute atomic E-state index is 14.2. The molecule has 0 aromatic carbocycles. The number of methoxy groups -OCH3 is 1. The van der Waals surface area contributed by atoms with Gasteiger partial charge in [-0.1, -0.05) is 0 Å². The zero-order valence-electron chi connectivity index (χ0n) is 29.0.